The van der Waals surface area contributed by atoms with Crippen molar-refractivity contribution in [2.75, 3.05) is 43.0 Å². The van der Waals surface area contributed by atoms with Crippen LogP contribution in [-0.2, 0) is 20.0 Å². The molecule has 18 heteroatoms. The summed E-state index contributed by atoms with van der Waals surface area (Å²) in [7, 11) is -5.13. The van der Waals surface area contributed by atoms with Crippen LogP contribution in [0.25, 0.3) is 0 Å². The first-order valence-corrected chi connectivity index (χ1v) is 14.9. The van der Waals surface area contributed by atoms with Crippen molar-refractivity contribution in [2.24, 2.45) is 0 Å². The topological polar surface area (TPSA) is 184 Å². The van der Waals surface area contributed by atoms with E-state index >= 15 is 0 Å². The van der Waals surface area contributed by atoms with Crippen molar-refractivity contribution >= 4 is 37.2 Å². The lowest BCUT2D eigenvalue weighted by molar-refractivity contribution is -0.246. The molecule has 42 heavy (non-hydrogen) atoms. The van der Waals surface area contributed by atoms with E-state index in [2.05, 4.69) is 19.5 Å². The van der Waals surface area contributed by atoms with Crippen molar-refractivity contribution in [1.82, 2.24) is 9.62 Å². The van der Waals surface area contributed by atoms with Gasteiger partial charge in [0.05, 0.1) is 12.2 Å². The highest BCUT2D eigenvalue weighted by Crippen LogP contribution is 2.40. The maximum absolute atomic E-state index is 13.0. The standard InChI is InChI=1S/C24H30F3N4O9PS/c25-24(26,27)14-2-1-3-16(12-14)30-8-10-31(11-9-30)42-17-6-4-15(5-7-17)28-23(35)29-19-21(34)20(33)18(13-32)39-22(19)40-41(36,37)38/h1-7,12,18-22,32-34H,8-11,13H2,(H2,28,29,35)(H2,36,37,38). The molecular formula is C24H30F3N4O9PS. The minimum absolute atomic E-state index is 0.332. The number of amides is 2. The van der Waals surface area contributed by atoms with Gasteiger partial charge in [-0.15, -0.1) is 0 Å². The molecule has 0 saturated carbocycles. The summed E-state index contributed by atoms with van der Waals surface area (Å²) in [6.45, 7) is 1.47. The lowest BCUT2D eigenvalue weighted by Gasteiger charge is -2.41. The highest BCUT2D eigenvalue weighted by molar-refractivity contribution is 7.97. The molecule has 2 fully saturated rings. The van der Waals surface area contributed by atoms with Gasteiger partial charge in [-0.2, -0.15) is 13.2 Å². The number of hydrogen-bond acceptors (Lipinski definition) is 10. The molecule has 4 rings (SSSR count). The summed E-state index contributed by atoms with van der Waals surface area (Å²) in [4.78, 5) is 33.6. The van der Waals surface area contributed by atoms with Gasteiger partial charge < -0.3 is 45.4 Å². The van der Waals surface area contributed by atoms with E-state index in [1.807, 2.05) is 4.90 Å². The van der Waals surface area contributed by atoms with E-state index in [4.69, 9.17) is 14.5 Å². The third-order valence-electron chi connectivity index (χ3n) is 6.54. The van der Waals surface area contributed by atoms with E-state index in [0.29, 0.717) is 37.6 Å². The number of hydrogen-bond donors (Lipinski definition) is 7. The molecule has 7 N–H and O–H groups in total. The van der Waals surface area contributed by atoms with Gasteiger partial charge in [0.1, 0.15) is 24.4 Å². The molecule has 2 heterocycles. The zero-order chi connectivity index (χ0) is 30.7. The molecule has 0 spiro atoms. The molecule has 2 aromatic rings. The number of aliphatic hydroxyl groups excluding tert-OH is 3. The Kier molecular flexibility index (Phi) is 10.4. The van der Waals surface area contributed by atoms with Gasteiger partial charge in [-0.05, 0) is 54.4 Å². The molecule has 5 atom stereocenters. The van der Waals surface area contributed by atoms with Crippen LogP contribution >= 0.6 is 19.8 Å². The number of piperazine rings is 1. The highest BCUT2D eigenvalue weighted by atomic mass is 32.2. The van der Waals surface area contributed by atoms with Gasteiger partial charge in [0, 0.05) is 42.4 Å². The van der Waals surface area contributed by atoms with Crippen LogP contribution in [0.4, 0.5) is 29.3 Å². The second kappa shape index (κ2) is 13.5. The van der Waals surface area contributed by atoms with Crippen LogP contribution in [0.2, 0.25) is 0 Å². The Balaban J connectivity index is 1.29. The molecule has 0 radical (unpaired) electrons. The Bertz CT molecular complexity index is 1260. The number of phosphoric acid groups is 1. The van der Waals surface area contributed by atoms with Gasteiger partial charge in [0.15, 0.2) is 6.29 Å². The van der Waals surface area contributed by atoms with E-state index in [1.165, 1.54) is 18.0 Å². The second-order valence-corrected chi connectivity index (χ2v) is 11.9. The third kappa shape index (κ3) is 8.57. The predicted molar refractivity (Wildman–Crippen MR) is 144 cm³/mol. The summed E-state index contributed by atoms with van der Waals surface area (Å²) >= 11 is 1.44. The molecule has 2 aromatic carbocycles. The Morgan fingerprint density at radius 3 is 2.33 bits per heavy atom. The molecule has 13 nitrogen and oxygen atoms in total. The van der Waals surface area contributed by atoms with Crippen LogP contribution in [-0.4, -0.2) is 98.9 Å². The van der Waals surface area contributed by atoms with E-state index in [1.54, 1.807) is 30.3 Å². The summed E-state index contributed by atoms with van der Waals surface area (Å²) in [5.74, 6) is 0. The highest BCUT2D eigenvalue weighted by Gasteiger charge is 2.47. The van der Waals surface area contributed by atoms with Gasteiger partial charge in [-0.25, -0.2) is 13.7 Å². The molecule has 0 aliphatic carbocycles. The molecule has 2 aliphatic heterocycles. The largest absolute Gasteiger partial charge is 0.472 e. The van der Waals surface area contributed by atoms with E-state index in [-0.39, 0.29) is 0 Å². The first kappa shape index (κ1) is 32.5. The van der Waals surface area contributed by atoms with Crippen LogP contribution in [0.5, 0.6) is 0 Å². The number of carbonyl (C=O) groups excluding carboxylic acids is 1. The smallest absolute Gasteiger partial charge is 0.394 e. The number of halogens is 3. The van der Waals surface area contributed by atoms with E-state index in [0.717, 1.165) is 17.0 Å². The number of nitrogens with zero attached hydrogens (tertiary/aromatic N) is 2. The van der Waals surface area contributed by atoms with Crippen molar-refractivity contribution in [3.8, 4) is 0 Å². The maximum atomic E-state index is 13.0. The molecule has 2 aliphatic rings. The van der Waals surface area contributed by atoms with Crippen LogP contribution in [0, 0.1) is 0 Å². The normalized spacial score (nSPS) is 25.7. The van der Waals surface area contributed by atoms with Crippen molar-refractivity contribution in [3.63, 3.8) is 0 Å². The predicted octanol–water partition coefficient (Wildman–Crippen LogP) is 1.57. The van der Waals surface area contributed by atoms with Crippen molar-refractivity contribution < 1.29 is 56.9 Å². The summed E-state index contributed by atoms with van der Waals surface area (Å²) in [5.41, 5.74) is 0.154. The number of ether oxygens (including phenoxy) is 1. The second-order valence-electron chi connectivity index (χ2n) is 9.51. The average molecular weight is 639 g/mol. The number of aliphatic hydroxyl groups is 3. The summed E-state index contributed by atoms with van der Waals surface area (Å²) < 4.78 is 62.1. The number of carbonyl (C=O) groups is 1. The molecule has 0 bridgehead atoms. The Hall–Kier alpha value is -2.44. The fourth-order valence-corrected chi connectivity index (χ4v) is 5.80. The Labute approximate surface area is 242 Å². The first-order chi connectivity index (χ1) is 19.7. The average Bonchev–Trinajstić information content (AvgIpc) is 2.93. The molecule has 2 saturated heterocycles. The van der Waals surface area contributed by atoms with Crippen molar-refractivity contribution in [2.45, 2.75) is 41.7 Å². The number of anilines is 2. The van der Waals surface area contributed by atoms with Crippen molar-refractivity contribution in [1.29, 1.82) is 0 Å². The van der Waals surface area contributed by atoms with Crippen LogP contribution in [0.3, 0.4) is 0 Å². The van der Waals surface area contributed by atoms with Crippen molar-refractivity contribution in [3.05, 3.63) is 54.1 Å². The van der Waals surface area contributed by atoms with Gasteiger partial charge in [0.2, 0.25) is 0 Å². The summed E-state index contributed by atoms with van der Waals surface area (Å²) in [6, 6.07) is 9.38. The molecular weight excluding hydrogens is 608 g/mol. The van der Waals surface area contributed by atoms with Gasteiger partial charge in [-0.3, -0.25) is 4.52 Å². The number of phosphoric ester groups is 1. The van der Waals surface area contributed by atoms with Crippen LogP contribution < -0.4 is 15.5 Å². The molecule has 5 unspecified atom stereocenters. The number of nitrogens with one attached hydrogen (secondary N) is 2. The number of rotatable bonds is 8. The number of benzene rings is 2. The fourth-order valence-electron chi connectivity index (χ4n) is 4.44. The number of alkyl halides is 3. The Morgan fingerprint density at radius 1 is 1.07 bits per heavy atom. The lowest BCUT2D eigenvalue weighted by Crippen LogP contribution is -2.65. The molecule has 2 amide bonds. The fraction of sp³-hybridized carbons (Fsp3) is 0.458. The zero-order valence-corrected chi connectivity index (χ0v) is 23.5. The monoisotopic (exact) mass is 638 g/mol. The molecule has 232 valence electrons. The Morgan fingerprint density at radius 2 is 1.74 bits per heavy atom. The molecule has 0 aromatic heterocycles. The minimum atomic E-state index is -5.13. The van der Waals surface area contributed by atoms with Crippen LogP contribution in [0.15, 0.2) is 53.4 Å². The van der Waals surface area contributed by atoms with E-state index in [9.17, 15) is 37.9 Å². The third-order valence-corrected chi connectivity index (χ3v) is 8.13. The zero-order valence-electron chi connectivity index (χ0n) is 21.8. The summed E-state index contributed by atoms with van der Waals surface area (Å²) in [6.07, 6.45) is -11.2. The van der Waals surface area contributed by atoms with Gasteiger partial charge >= 0.3 is 20.0 Å². The lowest BCUT2D eigenvalue weighted by atomic mass is 9.97. The summed E-state index contributed by atoms with van der Waals surface area (Å²) in [5, 5.41) is 34.5. The maximum Gasteiger partial charge on any atom is 0.472 e. The van der Waals surface area contributed by atoms with Gasteiger partial charge in [-0.1, -0.05) is 6.07 Å². The quantitative estimate of drug-likeness (QED) is 0.164. The SMILES string of the molecule is O=C(Nc1ccc(SN2CCN(c3cccc(C(F)(F)F)c3)CC2)cc1)NC1C(OP(=O)(O)O)OC(CO)C(O)C1O. The van der Waals surface area contributed by atoms with E-state index < -0.39 is 62.8 Å². The van der Waals surface area contributed by atoms with Gasteiger partial charge in [0.25, 0.3) is 0 Å². The van der Waals surface area contributed by atoms with Crippen LogP contribution in [0.1, 0.15) is 5.56 Å². The number of urea groups is 1. The minimum Gasteiger partial charge on any atom is -0.394 e. The first-order valence-electron chi connectivity index (χ1n) is 12.6.